The number of nitrogens with zero attached hydrogens (tertiary/aromatic N) is 1. The van der Waals surface area contributed by atoms with Gasteiger partial charge in [0.1, 0.15) is 0 Å². The molecule has 1 aromatic carbocycles. The Morgan fingerprint density at radius 3 is 2.57 bits per heavy atom. The first kappa shape index (κ1) is 20.1. The van der Waals surface area contributed by atoms with Gasteiger partial charge in [0.2, 0.25) is 0 Å². The number of pyridine rings is 1. The fraction of sp³-hybridized carbons (Fsp3) is 0.240. The maximum atomic E-state index is 13.0. The van der Waals surface area contributed by atoms with Crippen molar-refractivity contribution >= 4 is 22.7 Å². The molecule has 4 aromatic rings. The van der Waals surface area contributed by atoms with E-state index in [-0.39, 0.29) is 35.0 Å². The first-order valence-corrected chi connectivity index (χ1v) is 11.8. The second-order valence-electron chi connectivity index (χ2n) is 7.97. The van der Waals surface area contributed by atoms with Gasteiger partial charge in [0.05, 0.1) is 18.0 Å². The van der Waals surface area contributed by atoms with Crippen LogP contribution in [0.2, 0.25) is 0 Å². The Bertz CT molecular complexity index is 1140. The summed E-state index contributed by atoms with van der Waals surface area (Å²) in [4.78, 5) is 3.95. The van der Waals surface area contributed by atoms with E-state index >= 15 is 0 Å². The van der Waals surface area contributed by atoms with Gasteiger partial charge in [-0.3, -0.25) is 4.39 Å². The van der Waals surface area contributed by atoms with Crippen LogP contribution in [-0.4, -0.2) is 6.67 Å². The summed E-state index contributed by atoms with van der Waals surface area (Å²) in [5.74, 6) is 0.264. The van der Waals surface area contributed by atoms with Crippen molar-refractivity contribution in [2.75, 3.05) is 6.67 Å². The normalized spacial score (nSPS) is 23.5. The van der Waals surface area contributed by atoms with Gasteiger partial charge in [0, 0.05) is 45.2 Å². The standard InChI is InChI=1S/C25H21FNS2.BrH/c26-13-12-17-10-11-23(29-17)25(22-9-5-15-28-22)16-21-18-6-1-2-7-19(18)24(25)20-8-3-4-14-27(20)21;/h1-11,14-15,21,24H,12-13,16H2;1H/q+1;/p-1. The van der Waals surface area contributed by atoms with Crippen LogP contribution in [0, 0.1) is 0 Å². The van der Waals surface area contributed by atoms with Crippen molar-refractivity contribution in [3.05, 3.63) is 110 Å². The van der Waals surface area contributed by atoms with E-state index in [1.165, 1.54) is 26.6 Å². The summed E-state index contributed by atoms with van der Waals surface area (Å²) in [7, 11) is 0. The molecule has 30 heavy (non-hydrogen) atoms. The maximum Gasteiger partial charge on any atom is 0.190 e. The molecule has 3 aliphatic rings. The Balaban J connectivity index is 0.00000193. The van der Waals surface area contributed by atoms with Crippen LogP contribution in [0.15, 0.2) is 78.3 Å². The molecule has 2 bridgehead atoms. The number of rotatable bonds is 4. The minimum Gasteiger partial charge on any atom is -1.00 e. The maximum absolute atomic E-state index is 13.0. The minimum atomic E-state index is -0.292. The summed E-state index contributed by atoms with van der Waals surface area (Å²) in [6.07, 6.45) is 3.80. The average Bonchev–Trinajstić information content (AvgIpc) is 3.47. The van der Waals surface area contributed by atoms with Crippen molar-refractivity contribution in [2.45, 2.75) is 30.2 Å². The van der Waals surface area contributed by atoms with Crippen molar-refractivity contribution < 1.29 is 25.9 Å². The van der Waals surface area contributed by atoms with Crippen molar-refractivity contribution in [3.8, 4) is 0 Å². The first-order chi connectivity index (χ1) is 14.3. The zero-order chi connectivity index (χ0) is 19.4. The SMILES string of the molecule is FCCc1ccc(C2(c3cccs3)CC3c4ccccc4C2c2cccc[n+]23)s1.[Br-]. The zero-order valence-electron chi connectivity index (χ0n) is 16.3. The van der Waals surface area contributed by atoms with Crippen molar-refractivity contribution in [1.29, 1.82) is 0 Å². The van der Waals surface area contributed by atoms with Crippen LogP contribution in [-0.2, 0) is 11.8 Å². The predicted octanol–water partition coefficient (Wildman–Crippen LogP) is 3.04. The molecule has 3 unspecified atom stereocenters. The number of fused-ring (bicyclic) bond motifs is 1. The molecule has 0 spiro atoms. The molecule has 0 N–H and O–H groups in total. The lowest BCUT2D eigenvalue weighted by atomic mass is 9.57. The Labute approximate surface area is 194 Å². The van der Waals surface area contributed by atoms with E-state index in [0.717, 1.165) is 11.3 Å². The lowest BCUT2D eigenvalue weighted by Crippen LogP contribution is -3.00. The fourth-order valence-electron chi connectivity index (χ4n) is 5.52. The highest BCUT2D eigenvalue weighted by molar-refractivity contribution is 7.13. The largest absolute Gasteiger partial charge is 1.00 e. The van der Waals surface area contributed by atoms with Crippen LogP contribution in [0.3, 0.4) is 0 Å². The molecular weight excluding hydrogens is 477 g/mol. The third kappa shape index (κ3) is 2.72. The van der Waals surface area contributed by atoms with Gasteiger partial charge in [-0.25, -0.2) is 0 Å². The zero-order valence-corrected chi connectivity index (χ0v) is 19.5. The molecule has 0 fully saturated rings. The van der Waals surface area contributed by atoms with Gasteiger partial charge in [-0.15, -0.1) is 22.7 Å². The van der Waals surface area contributed by atoms with Gasteiger partial charge >= 0.3 is 0 Å². The lowest BCUT2D eigenvalue weighted by Gasteiger charge is -2.48. The molecule has 3 aromatic heterocycles. The summed E-state index contributed by atoms with van der Waals surface area (Å²) < 4.78 is 15.5. The van der Waals surface area contributed by atoms with E-state index < -0.39 is 0 Å². The molecule has 5 heteroatoms. The first-order valence-electron chi connectivity index (χ1n) is 10.1. The van der Waals surface area contributed by atoms with Gasteiger partial charge in [-0.1, -0.05) is 36.4 Å². The molecule has 2 aliphatic heterocycles. The van der Waals surface area contributed by atoms with Crippen molar-refractivity contribution in [3.63, 3.8) is 0 Å². The number of aromatic nitrogens is 1. The Hall–Kier alpha value is -1.82. The van der Waals surface area contributed by atoms with E-state index in [4.69, 9.17) is 0 Å². The number of benzene rings is 1. The number of hydrogen-bond donors (Lipinski definition) is 0. The number of alkyl halides is 1. The molecule has 0 radical (unpaired) electrons. The van der Waals surface area contributed by atoms with Gasteiger partial charge in [0.15, 0.2) is 17.9 Å². The van der Waals surface area contributed by atoms with E-state index in [0.29, 0.717) is 12.5 Å². The van der Waals surface area contributed by atoms with E-state index in [1.807, 2.05) is 22.7 Å². The van der Waals surface area contributed by atoms with Crippen LogP contribution >= 0.6 is 22.7 Å². The quantitative estimate of drug-likeness (QED) is 0.381. The van der Waals surface area contributed by atoms with Crippen molar-refractivity contribution in [2.24, 2.45) is 0 Å². The molecule has 0 saturated carbocycles. The van der Waals surface area contributed by atoms with Crippen LogP contribution in [0.5, 0.6) is 0 Å². The monoisotopic (exact) mass is 497 g/mol. The molecular formula is C25H21BrFNS2. The topological polar surface area (TPSA) is 3.88 Å². The summed E-state index contributed by atoms with van der Waals surface area (Å²) in [5, 5.41) is 2.19. The van der Waals surface area contributed by atoms with Crippen LogP contribution < -0.4 is 21.5 Å². The fourth-order valence-corrected chi connectivity index (χ4v) is 7.79. The third-order valence-electron chi connectivity index (χ3n) is 6.63. The van der Waals surface area contributed by atoms with Gasteiger partial charge in [-0.2, -0.15) is 4.57 Å². The molecule has 3 atom stereocenters. The van der Waals surface area contributed by atoms with Crippen LogP contribution in [0.4, 0.5) is 4.39 Å². The van der Waals surface area contributed by atoms with Gasteiger partial charge in [0.25, 0.3) is 0 Å². The Morgan fingerprint density at radius 1 is 0.933 bits per heavy atom. The highest BCUT2D eigenvalue weighted by Crippen LogP contribution is 2.61. The molecule has 1 aliphatic carbocycles. The summed E-state index contributed by atoms with van der Waals surface area (Å²) in [6, 6.07) is 24.8. The number of thiophene rings is 2. The number of hydrogen-bond acceptors (Lipinski definition) is 2. The second-order valence-corrected chi connectivity index (χ2v) is 10.1. The molecule has 5 heterocycles. The molecule has 1 nitrogen and oxygen atoms in total. The van der Waals surface area contributed by atoms with Gasteiger partial charge < -0.3 is 17.0 Å². The molecule has 152 valence electrons. The lowest BCUT2D eigenvalue weighted by molar-refractivity contribution is -0.732. The summed E-state index contributed by atoms with van der Waals surface area (Å²) in [6.45, 7) is -0.292. The highest BCUT2D eigenvalue weighted by atomic mass is 79.9. The molecule has 0 saturated heterocycles. The van der Waals surface area contributed by atoms with Crippen LogP contribution in [0.25, 0.3) is 0 Å². The number of aryl methyl sites for hydroxylation is 1. The second kappa shape index (κ2) is 7.70. The highest BCUT2D eigenvalue weighted by Gasteiger charge is 2.60. The van der Waals surface area contributed by atoms with Gasteiger partial charge in [-0.05, 0) is 29.1 Å². The van der Waals surface area contributed by atoms with Crippen LogP contribution in [0.1, 0.15) is 49.8 Å². The van der Waals surface area contributed by atoms with E-state index in [1.54, 1.807) is 0 Å². The average molecular weight is 498 g/mol. The molecule has 7 rings (SSSR count). The summed E-state index contributed by atoms with van der Waals surface area (Å²) >= 11 is 3.67. The molecule has 0 amide bonds. The third-order valence-corrected chi connectivity index (χ3v) is 9.00. The van der Waals surface area contributed by atoms with E-state index in [2.05, 4.69) is 82.9 Å². The van der Waals surface area contributed by atoms with E-state index in [9.17, 15) is 4.39 Å². The summed E-state index contributed by atoms with van der Waals surface area (Å²) in [5.41, 5.74) is 4.20. The smallest absolute Gasteiger partial charge is 0.190 e. The Morgan fingerprint density at radius 2 is 1.77 bits per heavy atom. The predicted molar refractivity (Wildman–Crippen MR) is 117 cm³/mol. The number of halogens is 2. The minimum absolute atomic E-state index is 0. The van der Waals surface area contributed by atoms with Crippen molar-refractivity contribution in [1.82, 2.24) is 0 Å². The Kier molecular flexibility index (Phi) is 5.16.